The van der Waals surface area contributed by atoms with E-state index in [1.807, 2.05) is 24.3 Å². The van der Waals surface area contributed by atoms with Gasteiger partial charge in [0.25, 0.3) is 0 Å². The third kappa shape index (κ3) is 3.00. The number of fused-ring (bicyclic) bond motifs is 1. The molecule has 0 aliphatic rings. The third-order valence-corrected chi connectivity index (χ3v) is 5.24. The lowest BCUT2D eigenvalue weighted by atomic mass is 10.1. The highest BCUT2D eigenvalue weighted by atomic mass is 79.9. The van der Waals surface area contributed by atoms with E-state index in [-0.39, 0.29) is 5.56 Å². The Bertz CT molecular complexity index is 1150. The highest BCUT2D eigenvalue weighted by molar-refractivity contribution is 9.10. The summed E-state index contributed by atoms with van der Waals surface area (Å²) in [5.74, 6) is 0.116. The molecule has 0 amide bonds. The van der Waals surface area contributed by atoms with Gasteiger partial charge in [-0.25, -0.2) is 9.78 Å². The predicted octanol–water partition coefficient (Wildman–Crippen LogP) is 6.28. The summed E-state index contributed by atoms with van der Waals surface area (Å²) in [7, 11) is 0. The smallest absolute Gasteiger partial charge is 0.336 e. The SMILES string of the molecule is O=C(O)c1cc(-c2ccc(-c3ccc(Br)c(Cl)c3)o2)nc2ccccc12. The number of nitrogens with zero attached hydrogens (tertiary/aromatic N) is 1. The minimum absolute atomic E-state index is 0.190. The van der Waals surface area contributed by atoms with Crippen LogP contribution in [0.2, 0.25) is 5.02 Å². The van der Waals surface area contributed by atoms with E-state index >= 15 is 0 Å². The van der Waals surface area contributed by atoms with Crippen LogP contribution in [0.25, 0.3) is 33.7 Å². The van der Waals surface area contributed by atoms with Crippen molar-refractivity contribution < 1.29 is 14.3 Å². The molecule has 4 rings (SSSR count). The Morgan fingerprint density at radius 2 is 1.81 bits per heavy atom. The lowest BCUT2D eigenvalue weighted by Gasteiger charge is -2.05. The van der Waals surface area contributed by atoms with Crippen LogP contribution < -0.4 is 0 Å². The van der Waals surface area contributed by atoms with Gasteiger partial charge < -0.3 is 9.52 Å². The zero-order valence-electron chi connectivity index (χ0n) is 13.2. The van der Waals surface area contributed by atoms with E-state index in [9.17, 15) is 9.90 Å². The number of carbonyl (C=O) groups is 1. The number of pyridine rings is 1. The Labute approximate surface area is 162 Å². The Balaban J connectivity index is 1.82. The van der Waals surface area contributed by atoms with E-state index in [1.54, 1.807) is 30.3 Å². The van der Waals surface area contributed by atoms with Crippen LogP contribution in [0, 0.1) is 0 Å². The number of carboxylic acid groups (broad SMARTS) is 1. The van der Waals surface area contributed by atoms with Crippen LogP contribution in [-0.2, 0) is 0 Å². The van der Waals surface area contributed by atoms with Gasteiger partial charge in [0.2, 0.25) is 0 Å². The van der Waals surface area contributed by atoms with E-state index in [0.717, 1.165) is 10.0 Å². The first-order valence-electron chi connectivity index (χ1n) is 7.71. The molecule has 0 aliphatic carbocycles. The molecule has 0 bridgehead atoms. The van der Waals surface area contributed by atoms with Crippen molar-refractivity contribution in [3.05, 3.63) is 75.7 Å². The van der Waals surface area contributed by atoms with Crippen molar-refractivity contribution in [3.8, 4) is 22.8 Å². The third-order valence-electron chi connectivity index (χ3n) is 4.01. The van der Waals surface area contributed by atoms with Gasteiger partial charge in [0.1, 0.15) is 11.5 Å². The van der Waals surface area contributed by atoms with Gasteiger partial charge >= 0.3 is 5.97 Å². The molecule has 0 atom stereocenters. The first-order chi connectivity index (χ1) is 12.5. The number of aromatic carboxylic acids is 1. The van der Waals surface area contributed by atoms with E-state index in [0.29, 0.717) is 33.1 Å². The largest absolute Gasteiger partial charge is 0.478 e. The van der Waals surface area contributed by atoms with Crippen molar-refractivity contribution >= 4 is 44.4 Å². The first-order valence-corrected chi connectivity index (χ1v) is 8.89. The molecule has 2 aromatic carbocycles. The molecule has 0 spiro atoms. The Morgan fingerprint density at radius 1 is 1.04 bits per heavy atom. The number of halogens is 2. The van der Waals surface area contributed by atoms with Crippen LogP contribution in [-0.4, -0.2) is 16.1 Å². The lowest BCUT2D eigenvalue weighted by Crippen LogP contribution is -1.99. The van der Waals surface area contributed by atoms with Crippen LogP contribution >= 0.6 is 27.5 Å². The fourth-order valence-electron chi connectivity index (χ4n) is 2.76. The van der Waals surface area contributed by atoms with Gasteiger partial charge in [-0.3, -0.25) is 0 Å². The van der Waals surface area contributed by atoms with Crippen molar-refractivity contribution in [2.75, 3.05) is 0 Å². The topological polar surface area (TPSA) is 63.3 Å². The summed E-state index contributed by atoms with van der Waals surface area (Å²) in [6, 6.07) is 17.8. The van der Waals surface area contributed by atoms with Crippen molar-refractivity contribution in [3.63, 3.8) is 0 Å². The number of hydrogen-bond acceptors (Lipinski definition) is 3. The van der Waals surface area contributed by atoms with Crippen LogP contribution in [0.3, 0.4) is 0 Å². The maximum absolute atomic E-state index is 11.6. The van der Waals surface area contributed by atoms with Crippen molar-refractivity contribution in [2.24, 2.45) is 0 Å². The molecule has 26 heavy (non-hydrogen) atoms. The first kappa shape index (κ1) is 16.8. The molecule has 0 saturated carbocycles. The van der Waals surface area contributed by atoms with E-state index < -0.39 is 5.97 Å². The van der Waals surface area contributed by atoms with Crippen LogP contribution in [0.4, 0.5) is 0 Å². The maximum Gasteiger partial charge on any atom is 0.336 e. The average Bonchev–Trinajstić information content (AvgIpc) is 3.13. The molecule has 0 saturated heterocycles. The molecule has 0 unspecified atom stereocenters. The number of aromatic nitrogens is 1. The minimum atomic E-state index is -1.00. The quantitative estimate of drug-likeness (QED) is 0.417. The standard InChI is InChI=1S/C20H11BrClNO3/c21-14-6-5-11(9-15(14)22)18-7-8-19(26-18)17-10-13(20(24)25)12-3-1-2-4-16(12)23-17/h1-10H,(H,24,25). The van der Waals surface area contributed by atoms with E-state index in [2.05, 4.69) is 20.9 Å². The lowest BCUT2D eigenvalue weighted by molar-refractivity contribution is 0.0699. The van der Waals surface area contributed by atoms with Crippen LogP contribution in [0.1, 0.15) is 10.4 Å². The number of hydrogen-bond donors (Lipinski definition) is 1. The Hall–Kier alpha value is -2.63. The Kier molecular flexibility index (Phi) is 4.26. The molecule has 128 valence electrons. The van der Waals surface area contributed by atoms with Gasteiger partial charge in [-0.15, -0.1) is 0 Å². The summed E-state index contributed by atoms with van der Waals surface area (Å²) in [6.07, 6.45) is 0. The minimum Gasteiger partial charge on any atom is -0.478 e. The zero-order valence-corrected chi connectivity index (χ0v) is 15.6. The van der Waals surface area contributed by atoms with Gasteiger partial charge in [0, 0.05) is 15.4 Å². The number of para-hydroxylation sites is 1. The van der Waals surface area contributed by atoms with Gasteiger partial charge in [0.05, 0.1) is 16.1 Å². The van der Waals surface area contributed by atoms with Gasteiger partial charge in [-0.05, 0) is 52.3 Å². The molecule has 4 nitrogen and oxygen atoms in total. The highest BCUT2D eigenvalue weighted by Crippen LogP contribution is 2.33. The summed E-state index contributed by atoms with van der Waals surface area (Å²) < 4.78 is 6.71. The average molecular weight is 429 g/mol. The maximum atomic E-state index is 11.6. The second kappa shape index (κ2) is 6.59. The molecule has 2 heterocycles. The summed E-state index contributed by atoms with van der Waals surface area (Å²) >= 11 is 9.50. The molecule has 6 heteroatoms. The second-order valence-electron chi connectivity index (χ2n) is 5.67. The predicted molar refractivity (Wildman–Crippen MR) is 105 cm³/mol. The number of rotatable bonds is 3. The van der Waals surface area contributed by atoms with Gasteiger partial charge in [-0.1, -0.05) is 35.9 Å². The fourth-order valence-corrected chi connectivity index (χ4v) is 3.19. The summed E-state index contributed by atoms with van der Waals surface area (Å²) in [4.78, 5) is 16.2. The molecule has 2 aromatic heterocycles. The van der Waals surface area contributed by atoms with Crippen LogP contribution in [0.15, 0.2) is 69.6 Å². The molecule has 0 fully saturated rings. The van der Waals surface area contributed by atoms with Gasteiger partial charge in [-0.2, -0.15) is 0 Å². The van der Waals surface area contributed by atoms with E-state index in [4.69, 9.17) is 16.0 Å². The normalized spacial score (nSPS) is 11.0. The monoisotopic (exact) mass is 427 g/mol. The fraction of sp³-hybridized carbons (Fsp3) is 0. The van der Waals surface area contributed by atoms with Crippen molar-refractivity contribution in [1.82, 2.24) is 4.98 Å². The number of carboxylic acids is 1. The number of benzene rings is 2. The molecule has 0 aliphatic heterocycles. The zero-order chi connectivity index (χ0) is 18.3. The molecular weight excluding hydrogens is 418 g/mol. The van der Waals surface area contributed by atoms with Crippen LogP contribution in [0.5, 0.6) is 0 Å². The highest BCUT2D eigenvalue weighted by Gasteiger charge is 2.15. The second-order valence-corrected chi connectivity index (χ2v) is 6.93. The number of furan rings is 1. The summed E-state index contributed by atoms with van der Waals surface area (Å²) in [6.45, 7) is 0. The van der Waals surface area contributed by atoms with Crippen molar-refractivity contribution in [2.45, 2.75) is 0 Å². The molecule has 1 N–H and O–H groups in total. The molecular formula is C20H11BrClNO3. The van der Waals surface area contributed by atoms with E-state index in [1.165, 1.54) is 6.07 Å². The summed E-state index contributed by atoms with van der Waals surface area (Å²) in [5, 5.41) is 10.7. The summed E-state index contributed by atoms with van der Waals surface area (Å²) in [5.41, 5.74) is 2.08. The Morgan fingerprint density at radius 3 is 2.58 bits per heavy atom. The van der Waals surface area contributed by atoms with Crippen molar-refractivity contribution in [1.29, 1.82) is 0 Å². The molecule has 0 radical (unpaired) electrons. The molecule has 4 aromatic rings. The van der Waals surface area contributed by atoms with Gasteiger partial charge in [0.15, 0.2) is 5.76 Å².